The molecule has 0 heterocycles. The first-order chi connectivity index (χ1) is 2.00. The van der Waals surface area contributed by atoms with E-state index in [1.807, 2.05) is 0 Å². The number of hydrogen-bond donors (Lipinski definition) is 0. The van der Waals surface area contributed by atoms with Crippen molar-refractivity contribution in [3.05, 3.63) is 0 Å². The fraction of sp³-hybridized carbons (Fsp3) is 0. The summed E-state index contributed by atoms with van der Waals surface area (Å²) in [6.07, 6.45) is 0. The summed E-state index contributed by atoms with van der Waals surface area (Å²) in [6, 6.07) is 0. The maximum Gasteiger partial charge on any atom is 3.00 e. The molecule has 0 aliphatic carbocycles. The van der Waals surface area contributed by atoms with Crippen LogP contribution in [0, 0.1) is 0 Å². The van der Waals surface area contributed by atoms with Gasteiger partial charge in [0.25, 0.3) is 0 Å². The van der Waals surface area contributed by atoms with Crippen LogP contribution in [-0.2, 0) is 43.5 Å². The van der Waals surface area contributed by atoms with Gasteiger partial charge in [-0.1, -0.05) is 0 Å². The summed E-state index contributed by atoms with van der Waals surface area (Å²) in [5.41, 5.74) is -3.72. The average molecular weight is 228 g/mol. The molecule has 0 aromatic heterocycles. The van der Waals surface area contributed by atoms with Crippen LogP contribution in [0.1, 0.15) is 0 Å². The van der Waals surface area contributed by atoms with Crippen molar-refractivity contribution in [3.8, 4) is 0 Å². The van der Waals surface area contributed by atoms with Crippen LogP contribution in [0.4, 0.5) is 0 Å². The molecule has 0 unspecified atom stereocenters. The van der Waals surface area contributed by atoms with E-state index in [9.17, 15) is 9.79 Å². The largest absolute Gasteiger partial charge is 3.00 e. The molecule has 0 aliphatic heterocycles. The average Bonchev–Trinajstić information content (AvgIpc) is 0.722. The van der Waals surface area contributed by atoms with Gasteiger partial charge in [0.05, 0.1) is 0 Å². The van der Waals surface area contributed by atoms with E-state index in [-0.39, 0.29) is 19.5 Å². The Bertz CT molecular complexity index is 57.7. The van der Waals surface area contributed by atoms with Gasteiger partial charge in [0.2, 0.25) is 0 Å². The van der Waals surface area contributed by atoms with Gasteiger partial charge in [-0.3, -0.25) is 0 Å². The molecule has 0 aliphatic rings. The Morgan fingerprint density at radius 3 is 1.50 bits per heavy atom. The molecule has 0 spiro atoms. The summed E-state index contributed by atoms with van der Waals surface area (Å²) < 4.78 is 0. The minimum absolute atomic E-state index is 0. The van der Waals surface area contributed by atoms with Gasteiger partial charge in [-0.15, -0.1) is 0 Å². The summed E-state index contributed by atoms with van der Waals surface area (Å²) in [6.45, 7) is 0. The third-order valence-electron chi connectivity index (χ3n) is 0. The van der Waals surface area contributed by atoms with Gasteiger partial charge >= 0.3 is 19.5 Å². The van der Waals surface area contributed by atoms with Crippen LogP contribution in [-0.4, -0.2) is 0 Å². The minimum atomic E-state index is -3.72. The first kappa shape index (κ1) is 10.5. The zero-order valence-electron chi connectivity index (χ0n) is 2.43. The van der Waals surface area contributed by atoms with Gasteiger partial charge in [-0.25, -0.2) is 0 Å². The quantitative estimate of drug-likeness (QED) is 0.287. The van der Waals surface area contributed by atoms with Gasteiger partial charge < -0.3 is 27.7 Å². The molecule has 0 N–H and O–H groups in total. The molecule has 0 saturated heterocycles. The summed E-state index contributed by atoms with van der Waals surface area (Å²) in [5, 5.41) is 0. The van der Waals surface area contributed by atoms with E-state index in [0.29, 0.717) is 0 Å². The molecule has 0 rings (SSSR count). The topological polar surface area (TPSA) is 46.1 Å². The Balaban J connectivity index is 0. The molecular formula is O2PRuS2. The molecule has 0 amide bonds. The second kappa shape index (κ2) is 3.53. The van der Waals surface area contributed by atoms with E-state index in [1.165, 1.54) is 0 Å². The van der Waals surface area contributed by atoms with Crippen molar-refractivity contribution in [2.75, 3.05) is 0 Å². The Hall–Kier alpha value is 1.54. The van der Waals surface area contributed by atoms with Crippen molar-refractivity contribution in [1.29, 1.82) is 0 Å². The molecular weight excluding hydrogens is 228 g/mol. The summed E-state index contributed by atoms with van der Waals surface area (Å²) in [4.78, 5) is 18.6. The molecule has 37 valence electrons. The molecule has 0 atom stereocenters. The van der Waals surface area contributed by atoms with Gasteiger partial charge in [0.1, 0.15) is 0 Å². The predicted molar refractivity (Wildman–Crippen MR) is 21.6 cm³/mol. The van der Waals surface area contributed by atoms with Crippen LogP contribution in [0.15, 0.2) is 0 Å². The van der Waals surface area contributed by atoms with Crippen molar-refractivity contribution in [2.24, 2.45) is 0 Å². The third kappa shape index (κ3) is 48.0. The van der Waals surface area contributed by atoms with E-state index < -0.39 is 5.69 Å². The van der Waals surface area contributed by atoms with E-state index in [4.69, 9.17) is 0 Å². The van der Waals surface area contributed by atoms with Crippen LogP contribution >= 0.6 is 5.69 Å². The Kier molecular flexibility index (Phi) is 6.19. The van der Waals surface area contributed by atoms with E-state index >= 15 is 0 Å². The minimum Gasteiger partial charge on any atom is -0.850 e. The van der Waals surface area contributed by atoms with Crippen molar-refractivity contribution in [2.45, 2.75) is 0 Å². The molecule has 0 bridgehead atoms. The molecule has 2 nitrogen and oxygen atoms in total. The smallest absolute Gasteiger partial charge is 0.850 e. The van der Waals surface area contributed by atoms with Gasteiger partial charge in [0.15, 0.2) is 0 Å². The summed E-state index contributed by atoms with van der Waals surface area (Å²) in [7, 11) is 0. The Morgan fingerprint density at radius 1 is 1.50 bits per heavy atom. The molecule has 1 radical (unpaired) electrons. The molecule has 6 heteroatoms. The Labute approximate surface area is 59.0 Å². The van der Waals surface area contributed by atoms with Gasteiger partial charge in [0, 0.05) is 0 Å². The predicted octanol–water partition coefficient (Wildman–Crippen LogP) is -1.52. The second-order valence-corrected chi connectivity index (χ2v) is 4.92. The van der Waals surface area contributed by atoms with E-state index in [1.54, 1.807) is 0 Å². The molecule has 0 saturated carbocycles. The summed E-state index contributed by atoms with van der Waals surface area (Å²) in [5.74, 6) is 0. The standard InChI is InChI=1S/H3O2PS2.Ru/c1-3(2,4)5;/h(H3,1,2,4,5);/q;+3/p-3. The van der Waals surface area contributed by atoms with E-state index in [0.717, 1.165) is 0 Å². The first-order valence-electron chi connectivity index (χ1n) is 0.730. The number of hydrogen-bond acceptors (Lipinski definition) is 4. The van der Waals surface area contributed by atoms with E-state index in [2.05, 4.69) is 24.1 Å². The van der Waals surface area contributed by atoms with Crippen molar-refractivity contribution < 1.29 is 29.3 Å². The van der Waals surface area contributed by atoms with Gasteiger partial charge in [-0.05, 0) is 0 Å². The molecule has 0 aromatic rings. The molecule has 0 fully saturated rings. The zero-order valence-corrected chi connectivity index (χ0v) is 6.70. The number of rotatable bonds is 0. The fourth-order valence-corrected chi connectivity index (χ4v) is 0. The first-order valence-corrected chi connectivity index (χ1v) is 4.38. The summed E-state index contributed by atoms with van der Waals surface area (Å²) >= 11 is 7.28. The van der Waals surface area contributed by atoms with Crippen LogP contribution in [0.3, 0.4) is 0 Å². The van der Waals surface area contributed by atoms with Crippen molar-refractivity contribution in [3.63, 3.8) is 0 Å². The normalized spacial score (nSPS) is 9.83. The van der Waals surface area contributed by atoms with Crippen LogP contribution < -0.4 is 9.79 Å². The van der Waals surface area contributed by atoms with Crippen molar-refractivity contribution >= 4 is 29.7 Å². The zero-order chi connectivity index (χ0) is 4.50. The second-order valence-electron chi connectivity index (χ2n) is 0.447. The molecule has 0 aromatic carbocycles. The monoisotopic (exact) mass is 229 g/mol. The van der Waals surface area contributed by atoms with Gasteiger partial charge in [-0.2, -0.15) is 11.8 Å². The molecule has 6 heavy (non-hydrogen) atoms. The Morgan fingerprint density at radius 2 is 1.50 bits per heavy atom. The van der Waals surface area contributed by atoms with Crippen molar-refractivity contribution in [1.82, 2.24) is 0 Å². The maximum absolute atomic E-state index is 9.29. The third-order valence-corrected chi connectivity index (χ3v) is 0. The van der Waals surface area contributed by atoms with Crippen LogP contribution in [0.25, 0.3) is 0 Å². The van der Waals surface area contributed by atoms with Crippen LogP contribution in [0.2, 0.25) is 0 Å². The maximum atomic E-state index is 9.29. The SMILES string of the molecule is [O-]P([O-])(=S)[S-].[Ru+3]. The van der Waals surface area contributed by atoms with Crippen LogP contribution in [0.5, 0.6) is 0 Å². The fourth-order valence-electron chi connectivity index (χ4n) is 0.